The first kappa shape index (κ1) is 16.3. The van der Waals surface area contributed by atoms with Gasteiger partial charge in [-0.05, 0) is 36.2 Å². The standard InChI is InChI=1S/C17H17ClFNO2/c1-20(2)12-6-3-5-11(9-12)10-13(17(21)22)16-14(18)7-4-8-15(16)19/h3-9,13H,10H2,1-2H3,(H,21,22). The Balaban J connectivity index is 2.38. The second-order valence-electron chi connectivity index (χ2n) is 5.29. The molecule has 0 heterocycles. The van der Waals surface area contributed by atoms with Crippen LogP contribution < -0.4 is 4.90 Å². The molecule has 1 N–H and O–H groups in total. The van der Waals surface area contributed by atoms with Crippen molar-refractivity contribution >= 4 is 23.3 Å². The number of nitrogens with zero attached hydrogens (tertiary/aromatic N) is 1. The van der Waals surface area contributed by atoms with Gasteiger partial charge in [0.05, 0.1) is 5.92 Å². The number of benzene rings is 2. The maximum absolute atomic E-state index is 14.0. The second-order valence-corrected chi connectivity index (χ2v) is 5.70. The molecule has 1 atom stereocenters. The predicted octanol–water partition coefficient (Wildman–Crippen LogP) is 3.96. The first-order chi connectivity index (χ1) is 10.4. The summed E-state index contributed by atoms with van der Waals surface area (Å²) >= 11 is 6.00. The average Bonchev–Trinajstić information content (AvgIpc) is 2.46. The van der Waals surface area contributed by atoms with Gasteiger partial charge in [0, 0.05) is 30.4 Å². The summed E-state index contributed by atoms with van der Waals surface area (Å²) in [5, 5.41) is 9.61. The van der Waals surface area contributed by atoms with Gasteiger partial charge in [-0.25, -0.2) is 4.39 Å². The van der Waals surface area contributed by atoms with Gasteiger partial charge in [0.2, 0.25) is 0 Å². The summed E-state index contributed by atoms with van der Waals surface area (Å²) in [6.07, 6.45) is 0.178. The van der Waals surface area contributed by atoms with Gasteiger partial charge >= 0.3 is 5.97 Å². The molecule has 0 aliphatic carbocycles. The van der Waals surface area contributed by atoms with E-state index in [9.17, 15) is 14.3 Å². The fourth-order valence-corrected chi connectivity index (χ4v) is 2.65. The maximum Gasteiger partial charge on any atom is 0.311 e. The number of aliphatic carboxylic acids is 1. The largest absolute Gasteiger partial charge is 0.481 e. The highest BCUT2D eigenvalue weighted by atomic mass is 35.5. The third kappa shape index (κ3) is 3.57. The van der Waals surface area contributed by atoms with Crippen molar-refractivity contribution in [3.8, 4) is 0 Å². The first-order valence-corrected chi connectivity index (χ1v) is 7.21. The minimum Gasteiger partial charge on any atom is -0.481 e. The van der Waals surface area contributed by atoms with Gasteiger partial charge in [-0.15, -0.1) is 0 Å². The van der Waals surface area contributed by atoms with Crippen LogP contribution in [0.25, 0.3) is 0 Å². The lowest BCUT2D eigenvalue weighted by atomic mass is 9.91. The van der Waals surface area contributed by atoms with E-state index in [1.54, 1.807) is 0 Å². The van der Waals surface area contributed by atoms with Crippen LogP contribution in [-0.4, -0.2) is 25.2 Å². The summed E-state index contributed by atoms with van der Waals surface area (Å²) in [5.41, 5.74) is 1.81. The second kappa shape index (κ2) is 6.79. The summed E-state index contributed by atoms with van der Waals surface area (Å²) in [7, 11) is 3.81. The number of carboxylic acids is 1. The Labute approximate surface area is 133 Å². The van der Waals surface area contributed by atoms with Crippen LogP contribution in [0.15, 0.2) is 42.5 Å². The summed E-state index contributed by atoms with van der Waals surface area (Å²) < 4.78 is 14.0. The third-order valence-corrected chi connectivity index (χ3v) is 3.84. The molecule has 0 spiro atoms. The van der Waals surface area contributed by atoms with Crippen molar-refractivity contribution in [1.82, 2.24) is 0 Å². The van der Waals surface area contributed by atoms with Crippen LogP contribution >= 0.6 is 11.6 Å². The molecule has 116 valence electrons. The van der Waals surface area contributed by atoms with Crippen molar-refractivity contribution in [3.05, 3.63) is 64.4 Å². The lowest BCUT2D eigenvalue weighted by Crippen LogP contribution is -2.17. The van der Waals surface area contributed by atoms with Gasteiger partial charge in [0.1, 0.15) is 5.82 Å². The third-order valence-electron chi connectivity index (χ3n) is 3.51. The topological polar surface area (TPSA) is 40.5 Å². The zero-order valence-corrected chi connectivity index (χ0v) is 13.1. The molecule has 1 unspecified atom stereocenters. The van der Waals surface area contributed by atoms with Crippen LogP contribution in [0.1, 0.15) is 17.0 Å². The van der Waals surface area contributed by atoms with E-state index in [1.807, 2.05) is 43.3 Å². The monoisotopic (exact) mass is 321 g/mol. The van der Waals surface area contributed by atoms with Crippen molar-refractivity contribution in [2.45, 2.75) is 12.3 Å². The molecule has 0 bridgehead atoms. The van der Waals surface area contributed by atoms with E-state index in [4.69, 9.17) is 11.6 Å². The molecular formula is C17H17ClFNO2. The first-order valence-electron chi connectivity index (χ1n) is 6.83. The highest BCUT2D eigenvalue weighted by molar-refractivity contribution is 6.31. The number of rotatable bonds is 5. The van der Waals surface area contributed by atoms with Crippen molar-refractivity contribution < 1.29 is 14.3 Å². The molecule has 2 aromatic rings. The molecule has 0 aromatic heterocycles. The quantitative estimate of drug-likeness (QED) is 0.906. The molecule has 0 amide bonds. The van der Waals surface area contributed by atoms with E-state index in [2.05, 4.69) is 0 Å². The van der Waals surface area contributed by atoms with E-state index >= 15 is 0 Å². The fraction of sp³-hybridized carbons (Fsp3) is 0.235. The SMILES string of the molecule is CN(C)c1cccc(CC(C(=O)O)c2c(F)cccc2Cl)c1. The zero-order chi connectivity index (χ0) is 16.3. The summed E-state index contributed by atoms with van der Waals surface area (Å²) in [6.45, 7) is 0. The minimum atomic E-state index is -1.10. The molecule has 0 fully saturated rings. The predicted molar refractivity (Wildman–Crippen MR) is 86.3 cm³/mol. The number of carboxylic acid groups (broad SMARTS) is 1. The molecule has 2 aromatic carbocycles. The molecule has 0 saturated carbocycles. The van der Waals surface area contributed by atoms with Crippen LogP contribution in [-0.2, 0) is 11.2 Å². The lowest BCUT2D eigenvalue weighted by molar-refractivity contribution is -0.138. The van der Waals surface area contributed by atoms with Crippen molar-refractivity contribution in [1.29, 1.82) is 0 Å². The molecule has 2 rings (SSSR count). The smallest absolute Gasteiger partial charge is 0.311 e. The Hall–Kier alpha value is -2.07. The maximum atomic E-state index is 14.0. The van der Waals surface area contributed by atoms with Crippen molar-refractivity contribution in [3.63, 3.8) is 0 Å². The molecule has 0 radical (unpaired) electrons. The Kier molecular flexibility index (Phi) is 5.03. The number of carbonyl (C=O) groups is 1. The molecule has 0 aliphatic rings. The van der Waals surface area contributed by atoms with Crippen LogP contribution in [0.3, 0.4) is 0 Å². The summed E-state index contributed by atoms with van der Waals surface area (Å²) in [4.78, 5) is 13.5. The molecule has 0 aliphatic heterocycles. The van der Waals surface area contributed by atoms with Gasteiger partial charge < -0.3 is 10.0 Å². The highest BCUT2D eigenvalue weighted by Crippen LogP contribution is 2.31. The van der Waals surface area contributed by atoms with Gasteiger partial charge in [-0.3, -0.25) is 4.79 Å². The average molecular weight is 322 g/mol. The van der Waals surface area contributed by atoms with Crippen LogP contribution in [0.5, 0.6) is 0 Å². The zero-order valence-electron chi connectivity index (χ0n) is 12.4. The van der Waals surface area contributed by atoms with Crippen LogP contribution in [0.2, 0.25) is 5.02 Å². The van der Waals surface area contributed by atoms with E-state index in [-0.39, 0.29) is 17.0 Å². The van der Waals surface area contributed by atoms with E-state index in [0.29, 0.717) is 0 Å². The van der Waals surface area contributed by atoms with E-state index in [1.165, 1.54) is 18.2 Å². The van der Waals surface area contributed by atoms with Gasteiger partial charge in [-0.2, -0.15) is 0 Å². The molecule has 0 saturated heterocycles. The van der Waals surface area contributed by atoms with Crippen LogP contribution in [0, 0.1) is 5.82 Å². The summed E-state index contributed by atoms with van der Waals surface area (Å²) in [6, 6.07) is 11.7. The Morgan fingerprint density at radius 3 is 2.55 bits per heavy atom. The Bertz CT molecular complexity index is 668. The molecule has 22 heavy (non-hydrogen) atoms. The molecule has 5 heteroatoms. The molecule has 3 nitrogen and oxygen atoms in total. The normalized spacial score (nSPS) is 12.0. The van der Waals surface area contributed by atoms with Gasteiger partial charge in [-0.1, -0.05) is 29.8 Å². The Morgan fingerprint density at radius 1 is 1.27 bits per heavy atom. The van der Waals surface area contributed by atoms with E-state index in [0.717, 1.165) is 11.3 Å². The number of hydrogen-bond donors (Lipinski definition) is 1. The van der Waals surface area contributed by atoms with Gasteiger partial charge in [0.15, 0.2) is 0 Å². The molecular weight excluding hydrogens is 305 g/mol. The lowest BCUT2D eigenvalue weighted by Gasteiger charge is -2.17. The van der Waals surface area contributed by atoms with E-state index < -0.39 is 17.7 Å². The fourth-order valence-electron chi connectivity index (χ4n) is 2.35. The number of anilines is 1. The number of hydrogen-bond acceptors (Lipinski definition) is 2. The Morgan fingerprint density at radius 2 is 1.95 bits per heavy atom. The summed E-state index contributed by atoms with van der Waals surface area (Å²) in [5.74, 6) is -2.71. The minimum absolute atomic E-state index is 0.0342. The number of halogens is 2. The van der Waals surface area contributed by atoms with Gasteiger partial charge in [0.25, 0.3) is 0 Å². The van der Waals surface area contributed by atoms with Crippen molar-refractivity contribution in [2.24, 2.45) is 0 Å². The highest BCUT2D eigenvalue weighted by Gasteiger charge is 2.26. The van der Waals surface area contributed by atoms with Crippen LogP contribution in [0.4, 0.5) is 10.1 Å². The van der Waals surface area contributed by atoms with Crippen molar-refractivity contribution in [2.75, 3.05) is 19.0 Å².